The predicted molar refractivity (Wildman–Crippen MR) is 122 cm³/mol. The number of nitro benzene ring substituents is 1. The molecular weight excluding hydrogens is 452 g/mol. The van der Waals surface area contributed by atoms with Crippen LogP contribution in [0.1, 0.15) is 28.4 Å². The number of halogens is 1. The first kappa shape index (κ1) is 22.8. The Morgan fingerprint density at radius 3 is 2.64 bits per heavy atom. The van der Waals surface area contributed by atoms with Crippen LogP contribution in [0.5, 0.6) is 0 Å². The second-order valence-electron chi connectivity index (χ2n) is 7.52. The third kappa shape index (κ3) is 4.84. The van der Waals surface area contributed by atoms with Crippen molar-refractivity contribution in [1.82, 2.24) is 0 Å². The molecule has 172 valence electrons. The third-order valence-electron chi connectivity index (χ3n) is 5.50. The maximum atomic E-state index is 13.0. The van der Waals surface area contributed by atoms with E-state index >= 15 is 0 Å². The van der Waals surface area contributed by atoms with Gasteiger partial charge in [-0.05, 0) is 30.2 Å². The molecule has 10 heteroatoms. The van der Waals surface area contributed by atoms with E-state index in [9.17, 15) is 19.7 Å². The molecule has 0 saturated carbocycles. The summed E-state index contributed by atoms with van der Waals surface area (Å²) in [4.78, 5) is 37.7. The quantitative estimate of drug-likeness (QED) is 0.228. The number of nitro groups is 1. The molecule has 1 aliphatic heterocycles. The van der Waals surface area contributed by atoms with Crippen molar-refractivity contribution in [2.24, 2.45) is 0 Å². The van der Waals surface area contributed by atoms with Gasteiger partial charge in [-0.25, -0.2) is 9.59 Å². The number of benzene rings is 2. The second kappa shape index (κ2) is 9.60. The van der Waals surface area contributed by atoms with Gasteiger partial charge >= 0.3 is 11.6 Å². The summed E-state index contributed by atoms with van der Waals surface area (Å²) in [5, 5.41) is 12.3. The molecule has 4 rings (SSSR count). The first-order chi connectivity index (χ1) is 15.9. The molecule has 2 heterocycles. The van der Waals surface area contributed by atoms with E-state index in [1.807, 2.05) is 11.8 Å². The summed E-state index contributed by atoms with van der Waals surface area (Å²) >= 11 is 6.32. The number of nitrogens with zero attached hydrogens (tertiary/aromatic N) is 2. The third-order valence-corrected chi connectivity index (χ3v) is 5.85. The molecule has 1 aromatic heterocycles. The molecule has 3 aromatic rings. The number of morpholine rings is 1. The van der Waals surface area contributed by atoms with Gasteiger partial charge in [0.05, 0.1) is 29.4 Å². The minimum Gasteiger partial charge on any atom is -0.457 e. The summed E-state index contributed by atoms with van der Waals surface area (Å²) in [6, 6.07) is 8.71. The van der Waals surface area contributed by atoms with E-state index in [4.69, 9.17) is 25.5 Å². The predicted octanol–water partition coefficient (Wildman–Crippen LogP) is 4.11. The van der Waals surface area contributed by atoms with Crippen molar-refractivity contribution >= 4 is 39.9 Å². The summed E-state index contributed by atoms with van der Waals surface area (Å²) in [7, 11) is 0. The zero-order valence-electron chi connectivity index (χ0n) is 17.8. The minimum atomic E-state index is -0.738. The molecule has 1 fully saturated rings. The van der Waals surface area contributed by atoms with Crippen molar-refractivity contribution in [1.29, 1.82) is 0 Å². The van der Waals surface area contributed by atoms with E-state index in [0.717, 1.165) is 5.56 Å². The van der Waals surface area contributed by atoms with Gasteiger partial charge in [0.2, 0.25) is 0 Å². The van der Waals surface area contributed by atoms with Crippen LogP contribution in [-0.2, 0) is 22.5 Å². The van der Waals surface area contributed by atoms with E-state index in [1.54, 1.807) is 18.2 Å². The van der Waals surface area contributed by atoms with Crippen molar-refractivity contribution in [3.8, 4) is 0 Å². The van der Waals surface area contributed by atoms with Crippen LogP contribution >= 0.6 is 11.6 Å². The molecule has 0 amide bonds. The summed E-state index contributed by atoms with van der Waals surface area (Å²) in [5.41, 5.74) is 1.41. The standard InChI is InChI=1S/C23H21ClN2O7/c1-2-14-9-21-17(12-19(14)24)15(10-22(27)33-21)13-32-23(28)18-11-16(26(29)30)3-4-20(18)25-5-7-31-8-6-25/h3-4,9-12H,2,5-8,13H2,1H3. The number of hydrogen-bond donors (Lipinski definition) is 0. The highest BCUT2D eigenvalue weighted by Gasteiger charge is 2.23. The second-order valence-corrected chi connectivity index (χ2v) is 7.93. The number of fused-ring (bicyclic) bond motifs is 1. The number of esters is 1. The normalized spacial score (nSPS) is 13.8. The lowest BCUT2D eigenvalue weighted by Crippen LogP contribution is -2.37. The maximum absolute atomic E-state index is 13.0. The molecule has 0 N–H and O–H groups in total. The van der Waals surface area contributed by atoms with Gasteiger partial charge in [0.25, 0.3) is 5.69 Å². The average molecular weight is 473 g/mol. The fourth-order valence-corrected chi connectivity index (χ4v) is 4.08. The molecule has 0 spiro atoms. The highest BCUT2D eigenvalue weighted by atomic mass is 35.5. The van der Waals surface area contributed by atoms with E-state index in [1.165, 1.54) is 18.2 Å². The van der Waals surface area contributed by atoms with Crippen LogP contribution in [-0.4, -0.2) is 37.2 Å². The fourth-order valence-electron chi connectivity index (χ4n) is 3.78. The molecule has 1 saturated heterocycles. The van der Waals surface area contributed by atoms with E-state index in [-0.39, 0.29) is 17.9 Å². The van der Waals surface area contributed by atoms with Gasteiger partial charge in [0.1, 0.15) is 12.2 Å². The Balaban J connectivity index is 1.66. The van der Waals surface area contributed by atoms with Crippen LogP contribution in [0.15, 0.2) is 45.6 Å². The summed E-state index contributed by atoms with van der Waals surface area (Å²) in [6.45, 7) is 3.76. The van der Waals surface area contributed by atoms with E-state index < -0.39 is 16.5 Å². The Morgan fingerprint density at radius 1 is 1.18 bits per heavy atom. The summed E-state index contributed by atoms with van der Waals surface area (Å²) in [5.74, 6) is -0.738. The van der Waals surface area contributed by atoms with Gasteiger partial charge in [0.15, 0.2) is 0 Å². The van der Waals surface area contributed by atoms with Gasteiger partial charge in [0, 0.05) is 47.3 Å². The largest absolute Gasteiger partial charge is 0.457 e. The SMILES string of the molecule is CCc1cc2oc(=O)cc(COC(=O)c3cc([N+](=O)[O-])ccc3N3CCOCC3)c2cc1Cl. The van der Waals surface area contributed by atoms with Crippen molar-refractivity contribution < 1.29 is 23.6 Å². The van der Waals surface area contributed by atoms with Crippen molar-refractivity contribution in [3.63, 3.8) is 0 Å². The maximum Gasteiger partial charge on any atom is 0.340 e. The van der Waals surface area contributed by atoms with Crippen molar-refractivity contribution in [2.45, 2.75) is 20.0 Å². The number of hydrogen-bond acceptors (Lipinski definition) is 8. The first-order valence-electron chi connectivity index (χ1n) is 10.4. The van der Waals surface area contributed by atoms with Crippen LogP contribution in [0.3, 0.4) is 0 Å². The molecule has 0 unspecified atom stereocenters. The average Bonchev–Trinajstić information content (AvgIpc) is 2.82. The van der Waals surface area contributed by atoms with Crippen LogP contribution in [0, 0.1) is 10.1 Å². The Hall–Kier alpha value is -3.43. The Kier molecular flexibility index (Phi) is 6.62. The molecular formula is C23H21ClN2O7. The van der Waals surface area contributed by atoms with Crippen molar-refractivity contribution in [3.05, 3.63) is 78.6 Å². The van der Waals surface area contributed by atoms with Gasteiger partial charge in [-0.2, -0.15) is 0 Å². The number of ether oxygens (including phenoxy) is 2. The number of rotatable bonds is 6. The fraction of sp³-hybridized carbons (Fsp3) is 0.304. The van der Waals surface area contributed by atoms with Crippen LogP contribution in [0.4, 0.5) is 11.4 Å². The number of anilines is 1. The Labute approximate surface area is 193 Å². The lowest BCUT2D eigenvalue weighted by atomic mass is 10.1. The van der Waals surface area contributed by atoms with E-state index in [0.29, 0.717) is 60.0 Å². The Morgan fingerprint density at radius 2 is 1.94 bits per heavy atom. The van der Waals surface area contributed by atoms with Crippen LogP contribution in [0.2, 0.25) is 5.02 Å². The molecule has 0 aliphatic carbocycles. The number of non-ortho nitro benzene ring substituents is 1. The molecule has 33 heavy (non-hydrogen) atoms. The molecule has 1 aliphatic rings. The number of aryl methyl sites for hydroxylation is 1. The molecule has 2 aromatic carbocycles. The van der Waals surface area contributed by atoms with Gasteiger partial charge in [-0.15, -0.1) is 0 Å². The monoisotopic (exact) mass is 472 g/mol. The van der Waals surface area contributed by atoms with Crippen molar-refractivity contribution in [2.75, 3.05) is 31.2 Å². The van der Waals surface area contributed by atoms with Gasteiger partial charge in [-0.3, -0.25) is 10.1 Å². The zero-order chi connectivity index (χ0) is 23.5. The lowest BCUT2D eigenvalue weighted by Gasteiger charge is -2.30. The summed E-state index contributed by atoms with van der Waals surface area (Å²) in [6.07, 6.45) is 0.662. The molecule has 9 nitrogen and oxygen atoms in total. The highest BCUT2D eigenvalue weighted by Crippen LogP contribution is 2.29. The van der Waals surface area contributed by atoms with Crippen LogP contribution < -0.4 is 10.5 Å². The molecule has 0 atom stereocenters. The lowest BCUT2D eigenvalue weighted by molar-refractivity contribution is -0.384. The van der Waals surface area contributed by atoms with Gasteiger partial charge in [-0.1, -0.05) is 18.5 Å². The first-order valence-corrected chi connectivity index (χ1v) is 10.8. The topological polar surface area (TPSA) is 112 Å². The highest BCUT2D eigenvalue weighted by molar-refractivity contribution is 6.32. The zero-order valence-corrected chi connectivity index (χ0v) is 18.6. The van der Waals surface area contributed by atoms with Gasteiger partial charge < -0.3 is 18.8 Å². The van der Waals surface area contributed by atoms with E-state index in [2.05, 4.69) is 0 Å². The number of carbonyl (C=O) groups excluding carboxylic acids is 1. The Bertz CT molecular complexity index is 1280. The minimum absolute atomic E-state index is 0.0738. The molecule has 0 bridgehead atoms. The van der Waals surface area contributed by atoms with Crippen LogP contribution in [0.25, 0.3) is 11.0 Å². The molecule has 0 radical (unpaired) electrons. The number of carbonyl (C=O) groups is 1. The summed E-state index contributed by atoms with van der Waals surface area (Å²) < 4.78 is 16.1. The smallest absolute Gasteiger partial charge is 0.340 e.